The molecule has 2 fully saturated rings. The van der Waals surface area contributed by atoms with Gasteiger partial charge in [0.25, 0.3) is 0 Å². The quantitative estimate of drug-likeness (QED) is 0.718. The number of nitriles is 1. The lowest BCUT2D eigenvalue weighted by Gasteiger charge is -2.25. The summed E-state index contributed by atoms with van der Waals surface area (Å²) in [6.45, 7) is 0. The molecule has 2 nitrogen and oxygen atoms in total. The van der Waals surface area contributed by atoms with E-state index in [1.165, 1.54) is 56.9 Å². The molecule has 0 aromatic rings. The third kappa shape index (κ3) is 3.01. The van der Waals surface area contributed by atoms with Crippen molar-refractivity contribution in [3.05, 3.63) is 11.3 Å². The highest BCUT2D eigenvalue weighted by molar-refractivity contribution is 5.27. The van der Waals surface area contributed by atoms with E-state index in [4.69, 9.17) is 0 Å². The van der Waals surface area contributed by atoms with Crippen LogP contribution in [0.1, 0.15) is 64.2 Å². The second kappa shape index (κ2) is 5.94. The molecule has 0 spiro atoms. The van der Waals surface area contributed by atoms with Gasteiger partial charge in [0.05, 0.1) is 0 Å². The molecule has 0 heterocycles. The lowest BCUT2D eigenvalue weighted by atomic mass is 9.91. The zero-order valence-electron chi connectivity index (χ0n) is 10.1. The first-order valence-corrected chi connectivity index (χ1v) is 6.79. The summed E-state index contributed by atoms with van der Waals surface area (Å²) in [6.07, 6.45) is 12.7. The third-order valence-corrected chi connectivity index (χ3v) is 3.88. The Hall–Kier alpha value is -0.970. The lowest BCUT2D eigenvalue weighted by molar-refractivity contribution is 0.397. The van der Waals surface area contributed by atoms with E-state index < -0.39 is 0 Å². The predicted molar refractivity (Wildman–Crippen MR) is 65.7 cm³/mol. The van der Waals surface area contributed by atoms with E-state index in [1.807, 2.05) is 0 Å². The van der Waals surface area contributed by atoms with Crippen LogP contribution in [0.15, 0.2) is 11.3 Å². The Balaban J connectivity index is 1.96. The van der Waals surface area contributed by atoms with Crippen molar-refractivity contribution in [3.8, 4) is 6.07 Å². The number of rotatable bonds is 2. The van der Waals surface area contributed by atoms with Crippen molar-refractivity contribution >= 4 is 0 Å². The Labute approximate surface area is 98.7 Å². The maximum absolute atomic E-state index is 9.24. The first-order valence-electron chi connectivity index (χ1n) is 6.79. The molecule has 0 amide bonds. The molecular formula is C14H22N2. The van der Waals surface area contributed by atoms with Crippen LogP contribution in [0, 0.1) is 11.3 Å². The van der Waals surface area contributed by atoms with Crippen LogP contribution in [0.3, 0.4) is 0 Å². The van der Waals surface area contributed by atoms with Crippen LogP contribution < -0.4 is 5.32 Å². The summed E-state index contributed by atoms with van der Waals surface area (Å²) in [7, 11) is 0. The van der Waals surface area contributed by atoms with Crippen LogP contribution in [0.5, 0.6) is 0 Å². The first kappa shape index (κ1) is 11.5. The van der Waals surface area contributed by atoms with Gasteiger partial charge >= 0.3 is 0 Å². The molecule has 0 bridgehead atoms. The molecule has 1 N–H and O–H groups in total. The molecule has 0 aliphatic heterocycles. The van der Waals surface area contributed by atoms with E-state index in [0.717, 1.165) is 18.5 Å². The predicted octanol–water partition coefficient (Wildman–Crippen LogP) is 3.65. The molecule has 0 unspecified atom stereocenters. The van der Waals surface area contributed by atoms with Gasteiger partial charge in [-0.1, -0.05) is 25.7 Å². The van der Waals surface area contributed by atoms with Gasteiger partial charge in [-0.05, 0) is 44.1 Å². The second-order valence-corrected chi connectivity index (χ2v) is 5.13. The zero-order chi connectivity index (χ0) is 11.2. The van der Waals surface area contributed by atoms with Crippen molar-refractivity contribution in [2.45, 2.75) is 70.3 Å². The fourth-order valence-electron chi connectivity index (χ4n) is 2.89. The number of nitrogens with one attached hydrogen (secondary N) is 1. The van der Waals surface area contributed by atoms with E-state index in [0.29, 0.717) is 6.04 Å². The minimum Gasteiger partial charge on any atom is -0.374 e. The van der Waals surface area contributed by atoms with Crippen LogP contribution in [-0.2, 0) is 0 Å². The molecule has 2 aliphatic rings. The lowest BCUT2D eigenvalue weighted by Crippen LogP contribution is -2.31. The Morgan fingerprint density at radius 1 is 1.00 bits per heavy atom. The summed E-state index contributed by atoms with van der Waals surface area (Å²) >= 11 is 0. The van der Waals surface area contributed by atoms with Gasteiger partial charge in [-0.2, -0.15) is 5.26 Å². The van der Waals surface area contributed by atoms with Crippen LogP contribution in [0.4, 0.5) is 0 Å². The zero-order valence-corrected chi connectivity index (χ0v) is 10.1. The summed E-state index contributed by atoms with van der Waals surface area (Å²) < 4.78 is 0. The van der Waals surface area contributed by atoms with Crippen LogP contribution in [-0.4, -0.2) is 6.04 Å². The highest BCUT2D eigenvalue weighted by Crippen LogP contribution is 2.26. The second-order valence-electron chi connectivity index (χ2n) is 5.13. The molecule has 0 atom stereocenters. The molecule has 16 heavy (non-hydrogen) atoms. The average molecular weight is 218 g/mol. The molecule has 0 aromatic carbocycles. The topological polar surface area (TPSA) is 35.8 Å². The van der Waals surface area contributed by atoms with Crippen molar-refractivity contribution in [2.75, 3.05) is 0 Å². The van der Waals surface area contributed by atoms with E-state index in [1.54, 1.807) is 0 Å². The van der Waals surface area contributed by atoms with Gasteiger partial charge in [-0.15, -0.1) is 0 Å². The van der Waals surface area contributed by atoms with Crippen LogP contribution in [0.2, 0.25) is 0 Å². The molecule has 2 aliphatic carbocycles. The molecule has 0 aromatic heterocycles. The van der Waals surface area contributed by atoms with Crippen molar-refractivity contribution in [1.82, 2.24) is 5.32 Å². The van der Waals surface area contributed by atoms with Gasteiger partial charge in [0, 0.05) is 6.04 Å². The van der Waals surface area contributed by atoms with E-state index in [2.05, 4.69) is 11.4 Å². The fraction of sp³-hybridized carbons (Fsp3) is 0.786. The van der Waals surface area contributed by atoms with Crippen LogP contribution >= 0.6 is 0 Å². The molecule has 88 valence electrons. The van der Waals surface area contributed by atoms with Gasteiger partial charge < -0.3 is 5.32 Å². The molecular weight excluding hydrogens is 196 g/mol. The van der Waals surface area contributed by atoms with E-state index >= 15 is 0 Å². The molecule has 2 saturated carbocycles. The van der Waals surface area contributed by atoms with Gasteiger partial charge in [-0.25, -0.2) is 0 Å². The Kier molecular flexibility index (Phi) is 4.27. The van der Waals surface area contributed by atoms with Gasteiger partial charge in [-0.3, -0.25) is 0 Å². The SMILES string of the molecule is N#CC(NC1CCCCC1)=C1CCCCC1. The average Bonchev–Trinajstić information content (AvgIpc) is 2.38. The molecule has 0 radical (unpaired) electrons. The molecule has 2 heteroatoms. The summed E-state index contributed by atoms with van der Waals surface area (Å²) in [5.41, 5.74) is 2.30. The minimum absolute atomic E-state index is 0.567. The van der Waals surface area contributed by atoms with Crippen molar-refractivity contribution in [3.63, 3.8) is 0 Å². The summed E-state index contributed by atoms with van der Waals surface area (Å²) in [5, 5.41) is 12.7. The highest BCUT2D eigenvalue weighted by atomic mass is 14.9. The maximum atomic E-state index is 9.24. The summed E-state index contributed by atoms with van der Waals surface area (Å²) in [4.78, 5) is 0. The number of nitrogens with zero attached hydrogens (tertiary/aromatic N) is 1. The number of allylic oxidation sites excluding steroid dienone is 2. The fourth-order valence-corrected chi connectivity index (χ4v) is 2.89. The largest absolute Gasteiger partial charge is 0.374 e. The smallest absolute Gasteiger partial charge is 0.117 e. The normalized spacial score (nSPS) is 22.6. The molecule has 2 rings (SSSR count). The maximum Gasteiger partial charge on any atom is 0.117 e. The number of hydrogen-bond acceptors (Lipinski definition) is 2. The van der Waals surface area contributed by atoms with Crippen LogP contribution in [0.25, 0.3) is 0 Å². The summed E-state index contributed by atoms with van der Waals surface area (Å²) in [5.74, 6) is 0. The van der Waals surface area contributed by atoms with Gasteiger partial charge in [0.2, 0.25) is 0 Å². The Morgan fingerprint density at radius 3 is 2.25 bits per heavy atom. The minimum atomic E-state index is 0.567. The van der Waals surface area contributed by atoms with Gasteiger partial charge in [0.15, 0.2) is 0 Å². The first-order chi connectivity index (χ1) is 7.90. The van der Waals surface area contributed by atoms with Crippen molar-refractivity contribution in [2.24, 2.45) is 0 Å². The van der Waals surface area contributed by atoms with Gasteiger partial charge in [0.1, 0.15) is 11.8 Å². The third-order valence-electron chi connectivity index (χ3n) is 3.88. The van der Waals surface area contributed by atoms with Crippen molar-refractivity contribution < 1.29 is 0 Å². The standard InChI is InChI=1S/C14H22N2/c15-11-14(12-7-3-1-4-8-12)16-13-9-5-2-6-10-13/h13,16H,1-10H2. The monoisotopic (exact) mass is 218 g/mol. The summed E-state index contributed by atoms with van der Waals surface area (Å²) in [6, 6.07) is 2.96. The molecule has 0 saturated heterocycles. The Bertz CT molecular complexity index is 284. The van der Waals surface area contributed by atoms with E-state index in [9.17, 15) is 5.26 Å². The number of hydrogen-bond donors (Lipinski definition) is 1. The highest BCUT2D eigenvalue weighted by Gasteiger charge is 2.17. The Morgan fingerprint density at radius 2 is 1.62 bits per heavy atom. The van der Waals surface area contributed by atoms with E-state index in [-0.39, 0.29) is 0 Å². The van der Waals surface area contributed by atoms with Crippen molar-refractivity contribution in [1.29, 1.82) is 5.26 Å².